The first-order valence-corrected chi connectivity index (χ1v) is 9.69. The highest BCUT2D eigenvalue weighted by molar-refractivity contribution is 6.06. The monoisotopic (exact) mass is 399 g/mol. The Labute approximate surface area is 174 Å². The van der Waals surface area contributed by atoms with Crippen molar-refractivity contribution >= 4 is 39.8 Å². The fraction of sp³-hybridized carbons (Fsp3) is 0.217. The zero-order valence-corrected chi connectivity index (χ0v) is 16.8. The van der Waals surface area contributed by atoms with Crippen LogP contribution in [0.25, 0.3) is 10.9 Å². The first-order valence-electron chi connectivity index (χ1n) is 9.69. The number of rotatable bonds is 3. The zero-order valence-electron chi connectivity index (χ0n) is 16.8. The third kappa shape index (κ3) is 3.44. The summed E-state index contributed by atoms with van der Waals surface area (Å²) in [4.78, 5) is 33.4. The summed E-state index contributed by atoms with van der Waals surface area (Å²) < 4.78 is 0. The van der Waals surface area contributed by atoms with Crippen molar-refractivity contribution in [1.82, 2.24) is 4.98 Å². The Balaban J connectivity index is 1.70. The summed E-state index contributed by atoms with van der Waals surface area (Å²) in [5.74, 6) is -0.274. The zero-order chi connectivity index (χ0) is 21.3. The fourth-order valence-electron chi connectivity index (χ4n) is 3.95. The first-order chi connectivity index (χ1) is 14.5. The molecule has 0 aliphatic carbocycles. The number of likely N-dealkylation sites (N-methyl/N-ethyl adjacent to an activating group) is 1. The summed E-state index contributed by atoms with van der Waals surface area (Å²) in [6.07, 6.45) is 1.75. The molecule has 150 valence electrons. The van der Waals surface area contributed by atoms with E-state index in [2.05, 4.69) is 16.4 Å². The summed E-state index contributed by atoms with van der Waals surface area (Å²) in [6, 6.07) is 16.7. The Morgan fingerprint density at radius 3 is 2.80 bits per heavy atom. The molecular weight excluding hydrogens is 378 g/mol. The molecule has 2 heterocycles. The molecule has 0 spiro atoms. The molecule has 0 radical (unpaired) electrons. The van der Waals surface area contributed by atoms with E-state index in [1.807, 2.05) is 49.4 Å². The number of amides is 2. The van der Waals surface area contributed by atoms with Crippen molar-refractivity contribution < 1.29 is 9.59 Å². The molecule has 1 unspecified atom stereocenters. The van der Waals surface area contributed by atoms with Gasteiger partial charge in [-0.15, -0.1) is 0 Å². The number of fused-ring (bicyclic) bond motifs is 2. The molecule has 1 N–H and O–H groups in total. The summed E-state index contributed by atoms with van der Waals surface area (Å²) >= 11 is 0. The second kappa shape index (κ2) is 7.84. The van der Waals surface area contributed by atoms with Crippen LogP contribution in [0.1, 0.15) is 18.9 Å². The lowest BCUT2D eigenvalue weighted by molar-refractivity contribution is -0.118. The van der Waals surface area contributed by atoms with E-state index in [0.717, 1.165) is 10.9 Å². The van der Waals surface area contributed by atoms with Crippen LogP contribution in [0, 0.1) is 11.3 Å². The van der Waals surface area contributed by atoms with Gasteiger partial charge in [-0.3, -0.25) is 14.6 Å². The molecule has 4 rings (SSSR count). The number of anilines is 3. The third-order valence-corrected chi connectivity index (χ3v) is 5.25. The quantitative estimate of drug-likeness (QED) is 0.730. The predicted octanol–water partition coefficient (Wildman–Crippen LogP) is 3.31. The van der Waals surface area contributed by atoms with E-state index in [4.69, 9.17) is 0 Å². The number of hydrogen-bond donors (Lipinski definition) is 1. The van der Waals surface area contributed by atoms with Gasteiger partial charge in [0.2, 0.25) is 11.8 Å². The maximum absolute atomic E-state index is 13.4. The van der Waals surface area contributed by atoms with E-state index in [1.54, 1.807) is 22.9 Å². The normalized spacial score (nSPS) is 15.7. The van der Waals surface area contributed by atoms with Crippen molar-refractivity contribution in [3.05, 3.63) is 60.3 Å². The van der Waals surface area contributed by atoms with Crippen molar-refractivity contribution in [1.29, 1.82) is 5.26 Å². The van der Waals surface area contributed by atoms with Gasteiger partial charge in [0.25, 0.3) is 0 Å². The SMILES string of the molecule is CC1CC(=O)Nc2ccccc2N1C(=O)CN(C)c1c(C#N)cnc2ccccc12. The smallest absolute Gasteiger partial charge is 0.246 e. The molecule has 1 atom stereocenters. The van der Waals surface area contributed by atoms with Gasteiger partial charge in [0.1, 0.15) is 6.07 Å². The topological polar surface area (TPSA) is 89.3 Å². The fourth-order valence-corrected chi connectivity index (χ4v) is 3.95. The standard InChI is InChI=1S/C23H21N5O2/c1-15-11-21(29)26-19-9-5-6-10-20(19)28(15)22(30)14-27(2)23-16(12-24)13-25-18-8-4-3-7-17(18)23/h3-10,13,15H,11,14H2,1-2H3,(H,26,29). The van der Waals surface area contributed by atoms with Crippen LogP contribution in [0.3, 0.4) is 0 Å². The van der Waals surface area contributed by atoms with E-state index in [-0.39, 0.29) is 30.8 Å². The minimum absolute atomic E-state index is 0.0511. The molecule has 0 bridgehead atoms. The molecule has 1 aromatic heterocycles. The lowest BCUT2D eigenvalue weighted by Crippen LogP contribution is -2.44. The Hall–Kier alpha value is -3.92. The van der Waals surface area contributed by atoms with Crippen LogP contribution in [-0.2, 0) is 9.59 Å². The average Bonchev–Trinajstić information content (AvgIpc) is 2.86. The molecule has 1 aliphatic heterocycles. The molecule has 7 heteroatoms. The van der Waals surface area contributed by atoms with Gasteiger partial charge in [0.05, 0.1) is 34.7 Å². The maximum atomic E-state index is 13.4. The van der Waals surface area contributed by atoms with Crippen LogP contribution in [0.15, 0.2) is 54.7 Å². The van der Waals surface area contributed by atoms with Crippen molar-refractivity contribution in [3.8, 4) is 6.07 Å². The number of nitriles is 1. The number of carbonyl (C=O) groups is 2. The molecule has 3 aromatic rings. The van der Waals surface area contributed by atoms with Crippen molar-refractivity contribution in [2.75, 3.05) is 28.7 Å². The highest BCUT2D eigenvalue weighted by atomic mass is 16.2. The molecule has 0 fully saturated rings. The second-order valence-corrected chi connectivity index (χ2v) is 7.39. The maximum Gasteiger partial charge on any atom is 0.246 e. The number of carbonyl (C=O) groups excluding carboxylic acids is 2. The number of aromatic nitrogens is 1. The van der Waals surface area contributed by atoms with Crippen LogP contribution in [-0.4, -0.2) is 36.4 Å². The molecule has 0 saturated carbocycles. The predicted molar refractivity (Wildman–Crippen MR) is 116 cm³/mol. The van der Waals surface area contributed by atoms with Crippen LogP contribution < -0.4 is 15.1 Å². The van der Waals surface area contributed by atoms with Crippen molar-refractivity contribution in [3.63, 3.8) is 0 Å². The number of nitrogens with zero attached hydrogens (tertiary/aromatic N) is 4. The molecule has 2 aromatic carbocycles. The van der Waals surface area contributed by atoms with Crippen LogP contribution in [0.4, 0.5) is 17.1 Å². The molecule has 7 nitrogen and oxygen atoms in total. The van der Waals surface area contributed by atoms with Gasteiger partial charge in [-0.05, 0) is 25.1 Å². The van der Waals surface area contributed by atoms with Gasteiger partial charge in [-0.2, -0.15) is 5.26 Å². The van der Waals surface area contributed by atoms with Gasteiger partial charge in [0.15, 0.2) is 0 Å². The molecule has 1 aliphatic rings. The second-order valence-electron chi connectivity index (χ2n) is 7.39. The third-order valence-electron chi connectivity index (χ3n) is 5.25. The summed E-state index contributed by atoms with van der Waals surface area (Å²) in [7, 11) is 1.79. The molecule has 2 amide bonds. The summed E-state index contributed by atoms with van der Waals surface area (Å²) in [5, 5.41) is 13.3. The van der Waals surface area contributed by atoms with Gasteiger partial charge >= 0.3 is 0 Å². The first kappa shape index (κ1) is 19.4. The lowest BCUT2D eigenvalue weighted by atomic mass is 10.1. The van der Waals surface area contributed by atoms with E-state index in [0.29, 0.717) is 22.6 Å². The highest BCUT2D eigenvalue weighted by Crippen LogP contribution is 2.32. The molecule has 0 saturated heterocycles. The lowest BCUT2D eigenvalue weighted by Gasteiger charge is -2.30. The highest BCUT2D eigenvalue weighted by Gasteiger charge is 2.30. The Morgan fingerprint density at radius 1 is 1.27 bits per heavy atom. The Bertz CT molecular complexity index is 1180. The number of hydrogen-bond acceptors (Lipinski definition) is 5. The van der Waals surface area contributed by atoms with Crippen molar-refractivity contribution in [2.24, 2.45) is 0 Å². The average molecular weight is 399 g/mol. The minimum atomic E-state index is -0.292. The number of para-hydroxylation sites is 3. The van der Waals surface area contributed by atoms with E-state index >= 15 is 0 Å². The van der Waals surface area contributed by atoms with Gasteiger partial charge in [-0.25, -0.2) is 0 Å². The van der Waals surface area contributed by atoms with Gasteiger partial charge < -0.3 is 15.1 Å². The Morgan fingerprint density at radius 2 is 2.00 bits per heavy atom. The van der Waals surface area contributed by atoms with Gasteiger partial charge in [0, 0.05) is 31.1 Å². The van der Waals surface area contributed by atoms with Gasteiger partial charge in [-0.1, -0.05) is 30.3 Å². The van der Waals surface area contributed by atoms with Crippen LogP contribution in [0.5, 0.6) is 0 Å². The molecule has 30 heavy (non-hydrogen) atoms. The number of pyridine rings is 1. The summed E-state index contributed by atoms with van der Waals surface area (Å²) in [5.41, 5.74) is 3.13. The van der Waals surface area contributed by atoms with Crippen LogP contribution >= 0.6 is 0 Å². The van der Waals surface area contributed by atoms with E-state index in [1.165, 1.54) is 6.20 Å². The number of nitrogens with one attached hydrogen (secondary N) is 1. The van der Waals surface area contributed by atoms with E-state index in [9.17, 15) is 14.9 Å². The largest absolute Gasteiger partial charge is 0.364 e. The van der Waals surface area contributed by atoms with Crippen molar-refractivity contribution in [2.45, 2.75) is 19.4 Å². The van der Waals surface area contributed by atoms with Crippen LogP contribution in [0.2, 0.25) is 0 Å². The number of benzene rings is 2. The minimum Gasteiger partial charge on any atom is -0.364 e. The molecular formula is C23H21N5O2. The summed E-state index contributed by atoms with van der Waals surface area (Å²) in [6.45, 7) is 1.91. The van der Waals surface area contributed by atoms with E-state index < -0.39 is 0 Å². The Kier molecular flexibility index (Phi) is 5.07.